The van der Waals surface area contributed by atoms with Crippen molar-refractivity contribution in [2.24, 2.45) is 0 Å². The zero-order valence-corrected chi connectivity index (χ0v) is 13.1. The number of anilines is 1. The first kappa shape index (κ1) is 15.1. The maximum absolute atomic E-state index is 12.4. The zero-order chi connectivity index (χ0) is 15.4. The van der Waals surface area contributed by atoms with Crippen LogP contribution in [0.5, 0.6) is 0 Å². The van der Waals surface area contributed by atoms with Gasteiger partial charge in [0.2, 0.25) is 0 Å². The molecule has 3 rings (SSSR count). The lowest BCUT2D eigenvalue weighted by Gasteiger charge is -2.23. The Bertz CT molecular complexity index is 678. The maximum atomic E-state index is 12.4. The number of rotatable bonds is 3. The number of hydrogen-bond donors (Lipinski definition) is 1. The molecule has 0 radical (unpaired) electrons. The van der Waals surface area contributed by atoms with Crippen molar-refractivity contribution in [3.8, 4) is 0 Å². The van der Waals surface area contributed by atoms with E-state index in [1.165, 1.54) is 4.68 Å². The topological polar surface area (TPSA) is 50.2 Å². The van der Waals surface area contributed by atoms with Gasteiger partial charge in [-0.2, -0.15) is 5.10 Å². The van der Waals surface area contributed by atoms with E-state index in [4.69, 9.17) is 11.6 Å². The van der Waals surface area contributed by atoms with Crippen LogP contribution in [-0.4, -0.2) is 36.0 Å². The van der Waals surface area contributed by atoms with Gasteiger partial charge in [-0.05, 0) is 18.5 Å². The lowest BCUT2D eigenvalue weighted by Crippen LogP contribution is -2.32. The summed E-state index contributed by atoms with van der Waals surface area (Å²) in [6.07, 6.45) is 2.74. The van der Waals surface area contributed by atoms with E-state index in [9.17, 15) is 4.79 Å². The van der Waals surface area contributed by atoms with E-state index in [2.05, 4.69) is 15.3 Å². The van der Waals surface area contributed by atoms with Gasteiger partial charge in [0.25, 0.3) is 5.56 Å². The molecule has 2 heterocycles. The highest BCUT2D eigenvalue weighted by molar-refractivity contribution is 6.33. The first-order valence-corrected chi connectivity index (χ1v) is 7.89. The van der Waals surface area contributed by atoms with E-state index in [1.54, 1.807) is 6.20 Å². The Kier molecular flexibility index (Phi) is 4.75. The summed E-state index contributed by atoms with van der Waals surface area (Å²) in [4.78, 5) is 14.6. The maximum Gasteiger partial charge on any atom is 0.287 e. The van der Waals surface area contributed by atoms with Crippen molar-refractivity contribution in [2.75, 3.05) is 31.1 Å². The molecule has 0 amide bonds. The minimum absolute atomic E-state index is 0.236. The van der Waals surface area contributed by atoms with Gasteiger partial charge >= 0.3 is 0 Å². The van der Waals surface area contributed by atoms with Gasteiger partial charge in [-0.15, -0.1) is 0 Å². The first-order valence-electron chi connectivity index (χ1n) is 7.51. The fourth-order valence-corrected chi connectivity index (χ4v) is 2.90. The Morgan fingerprint density at radius 1 is 1.18 bits per heavy atom. The fraction of sp³-hybridized carbons (Fsp3) is 0.375. The SMILES string of the molecule is O=c1c(Cl)c(N2CCCNCC2)cnn1Cc1ccccc1. The molecule has 0 saturated carbocycles. The molecule has 0 unspecified atom stereocenters. The largest absolute Gasteiger partial charge is 0.368 e. The number of benzene rings is 1. The summed E-state index contributed by atoms with van der Waals surface area (Å²) in [7, 11) is 0. The van der Waals surface area contributed by atoms with Gasteiger partial charge in [-0.1, -0.05) is 41.9 Å². The molecule has 1 fully saturated rings. The zero-order valence-electron chi connectivity index (χ0n) is 12.3. The number of halogens is 1. The molecule has 116 valence electrons. The molecule has 0 spiro atoms. The summed E-state index contributed by atoms with van der Waals surface area (Å²) in [5, 5.41) is 7.89. The molecule has 0 bridgehead atoms. The Labute approximate surface area is 134 Å². The van der Waals surface area contributed by atoms with Gasteiger partial charge in [0.05, 0.1) is 18.4 Å². The second-order valence-electron chi connectivity index (χ2n) is 5.38. The highest BCUT2D eigenvalue weighted by atomic mass is 35.5. The van der Waals surface area contributed by atoms with Gasteiger partial charge in [-0.3, -0.25) is 4.79 Å². The molecular formula is C16H19ClN4O. The van der Waals surface area contributed by atoms with Crippen LogP contribution in [0.2, 0.25) is 5.02 Å². The predicted octanol–water partition coefficient (Wildman–Crippen LogP) is 1.74. The summed E-state index contributed by atoms with van der Waals surface area (Å²) < 4.78 is 1.41. The number of nitrogens with zero attached hydrogens (tertiary/aromatic N) is 3. The Morgan fingerprint density at radius 2 is 2.00 bits per heavy atom. The van der Waals surface area contributed by atoms with E-state index in [0.717, 1.165) is 43.9 Å². The van der Waals surface area contributed by atoms with Crippen molar-refractivity contribution in [1.82, 2.24) is 15.1 Å². The van der Waals surface area contributed by atoms with E-state index in [-0.39, 0.29) is 10.6 Å². The molecule has 2 aromatic rings. The molecule has 1 aliphatic heterocycles. The first-order chi connectivity index (χ1) is 10.8. The van der Waals surface area contributed by atoms with Crippen molar-refractivity contribution in [1.29, 1.82) is 0 Å². The van der Waals surface area contributed by atoms with Crippen LogP contribution < -0.4 is 15.8 Å². The van der Waals surface area contributed by atoms with E-state index in [0.29, 0.717) is 6.54 Å². The second-order valence-corrected chi connectivity index (χ2v) is 5.76. The van der Waals surface area contributed by atoms with Crippen LogP contribution in [0.3, 0.4) is 0 Å². The highest BCUT2D eigenvalue weighted by Gasteiger charge is 2.16. The van der Waals surface area contributed by atoms with E-state index in [1.807, 2.05) is 30.3 Å². The molecule has 1 aromatic heterocycles. The van der Waals surface area contributed by atoms with Crippen LogP contribution in [-0.2, 0) is 6.54 Å². The summed E-state index contributed by atoms with van der Waals surface area (Å²) in [5.74, 6) is 0. The third-order valence-corrected chi connectivity index (χ3v) is 4.18. The molecular weight excluding hydrogens is 300 g/mol. The van der Waals surface area contributed by atoms with Crippen LogP contribution in [0, 0.1) is 0 Å². The monoisotopic (exact) mass is 318 g/mol. The van der Waals surface area contributed by atoms with Crippen molar-refractivity contribution in [3.05, 3.63) is 57.5 Å². The lowest BCUT2D eigenvalue weighted by atomic mass is 10.2. The minimum atomic E-state index is -0.236. The van der Waals surface area contributed by atoms with Gasteiger partial charge < -0.3 is 10.2 Å². The summed E-state index contributed by atoms with van der Waals surface area (Å²) in [6, 6.07) is 9.77. The molecule has 1 aliphatic rings. The summed E-state index contributed by atoms with van der Waals surface area (Å²) in [5.41, 5.74) is 1.53. The standard InChI is InChI=1S/C16H19ClN4O/c17-15-14(20-9-4-7-18-8-10-20)11-19-21(16(15)22)12-13-5-2-1-3-6-13/h1-3,5-6,11,18H,4,7-10,12H2. The van der Waals surface area contributed by atoms with E-state index >= 15 is 0 Å². The lowest BCUT2D eigenvalue weighted by molar-refractivity contribution is 0.636. The Hall–Kier alpha value is -1.85. The van der Waals surface area contributed by atoms with Crippen LogP contribution in [0.25, 0.3) is 0 Å². The smallest absolute Gasteiger partial charge is 0.287 e. The average molecular weight is 319 g/mol. The van der Waals surface area contributed by atoms with Crippen LogP contribution >= 0.6 is 11.6 Å². The van der Waals surface area contributed by atoms with Crippen molar-refractivity contribution < 1.29 is 0 Å². The average Bonchev–Trinajstić information content (AvgIpc) is 2.82. The van der Waals surface area contributed by atoms with Crippen molar-refractivity contribution in [3.63, 3.8) is 0 Å². The van der Waals surface area contributed by atoms with Gasteiger partial charge in [-0.25, -0.2) is 4.68 Å². The molecule has 1 aromatic carbocycles. The van der Waals surface area contributed by atoms with Gasteiger partial charge in [0.15, 0.2) is 0 Å². The van der Waals surface area contributed by atoms with Crippen LogP contribution in [0.15, 0.2) is 41.3 Å². The van der Waals surface area contributed by atoms with E-state index < -0.39 is 0 Å². The van der Waals surface area contributed by atoms with Crippen LogP contribution in [0.1, 0.15) is 12.0 Å². The normalized spacial score (nSPS) is 15.6. The molecule has 0 aliphatic carbocycles. The number of aromatic nitrogens is 2. The highest BCUT2D eigenvalue weighted by Crippen LogP contribution is 2.21. The van der Waals surface area contributed by atoms with Gasteiger partial charge in [0.1, 0.15) is 5.02 Å². The third kappa shape index (κ3) is 3.31. The minimum Gasteiger partial charge on any atom is -0.368 e. The van der Waals surface area contributed by atoms with Crippen molar-refractivity contribution in [2.45, 2.75) is 13.0 Å². The Balaban J connectivity index is 1.86. The molecule has 6 heteroatoms. The van der Waals surface area contributed by atoms with Crippen LogP contribution in [0.4, 0.5) is 5.69 Å². The molecule has 5 nitrogen and oxygen atoms in total. The fourth-order valence-electron chi connectivity index (χ4n) is 2.63. The predicted molar refractivity (Wildman–Crippen MR) is 88.8 cm³/mol. The van der Waals surface area contributed by atoms with Gasteiger partial charge in [0, 0.05) is 19.6 Å². The second kappa shape index (κ2) is 6.94. The molecule has 22 heavy (non-hydrogen) atoms. The van der Waals surface area contributed by atoms with Crippen molar-refractivity contribution >= 4 is 17.3 Å². The molecule has 1 saturated heterocycles. The quantitative estimate of drug-likeness (QED) is 0.936. The third-order valence-electron chi connectivity index (χ3n) is 3.82. The molecule has 1 N–H and O–H groups in total. The Morgan fingerprint density at radius 3 is 2.82 bits per heavy atom. The summed E-state index contributed by atoms with van der Waals surface area (Å²) >= 11 is 6.32. The number of nitrogens with one attached hydrogen (secondary N) is 1. The molecule has 0 atom stereocenters. The number of hydrogen-bond acceptors (Lipinski definition) is 4. The summed E-state index contributed by atoms with van der Waals surface area (Å²) in [6.45, 7) is 4.04.